The number of amides is 1. The minimum Gasteiger partial charge on any atom is -0.322 e. The van der Waals surface area contributed by atoms with Gasteiger partial charge in [-0.05, 0) is 67.4 Å². The Kier molecular flexibility index (Phi) is 5.28. The van der Waals surface area contributed by atoms with E-state index in [2.05, 4.69) is 10.0 Å². The summed E-state index contributed by atoms with van der Waals surface area (Å²) in [5, 5.41) is 2.80. The molecule has 1 amide bonds. The van der Waals surface area contributed by atoms with Crippen LogP contribution in [0.4, 0.5) is 11.4 Å². The van der Waals surface area contributed by atoms with Crippen molar-refractivity contribution < 1.29 is 13.2 Å². The van der Waals surface area contributed by atoms with Crippen molar-refractivity contribution in [1.29, 1.82) is 0 Å². The summed E-state index contributed by atoms with van der Waals surface area (Å²) in [6.45, 7) is 3.96. The molecule has 0 aliphatic heterocycles. The molecule has 0 saturated carbocycles. The molecule has 0 fully saturated rings. The summed E-state index contributed by atoms with van der Waals surface area (Å²) < 4.78 is 27.7. The number of benzene rings is 3. The van der Waals surface area contributed by atoms with E-state index in [1.165, 1.54) is 12.1 Å². The molecule has 0 aliphatic carbocycles. The van der Waals surface area contributed by atoms with Crippen molar-refractivity contribution in [2.45, 2.75) is 18.7 Å². The SMILES string of the molecule is Cc1ccc(NC(=O)c2cccc(S(=O)(=O)Nc3ccccc3)c2)cc1C. The zero-order valence-corrected chi connectivity index (χ0v) is 15.9. The highest BCUT2D eigenvalue weighted by molar-refractivity contribution is 7.92. The van der Waals surface area contributed by atoms with Crippen LogP contribution < -0.4 is 10.0 Å². The number of para-hydroxylation sites is 1. The van der Waals surface area contributed by atoms with Gasteiger partial charge in [0.2, 0.25) is 0 Å². The van der Waals surface area contributed by atoms with E-state index in [4.69, 9.17) is 0 Å². The summed E-state index contributed by atoms with van der Waals surface area (Å²) in [6.07, 6.45) is 0. The molecule has 3 rings (SSSR count). The highest BCUT2D eigenvalue weighted by Crippen LogP contribution is 2.19. The molecule has 0 bridgehead atoms. The predicted octanol–water partition coefficient (Wildman–Crippen LogP) is 4.36. The summed E-state index contributed by atoms with van der Waals surface area (Å²) in [5.41, 5.74) is 3.59. The Balaban J connectivity index is 1.82. The van der Waals surface area contributed by atoms with E-state index < -0.39 is 10.0 Å². The van der Waals surface area contributed by atoms with E-state index in [-0.39, 0.29) is 16.4 Å². The first-order valence-electron chi connectivity index (χ1n) is 8.42. The van der Waals surface area contributed by atoms with Crippen molar-refractivity contribution in [1.82, 2.24) is 0 Å². The molecule has 0 heterocycles. The van der Waals surface area contributed by atoms with E-state index >= 15 is 0 Å². The van der Waals surface area contributed by atoms with Crippen LogP contribution in [0.5, 0.6) is 0 Å². The molecule has 0 unspecified atom stereocenters. The molecular formula is C21H20N2O3S. The molecule has 6 heteroatoms. The highest BCUT2D eigenvalue weighted by atomic mass is 32.2. The number of anilines is 2. The van der Waals surface area contributed by atoms with Crippen LogP contribution in [0, 0.1) is 13.8 Å². The molecule has 3 aromatic rings. The third-order valence-corrected chi connectivity index (χ3v) is 5.58. The first-order valence-corrected chi connectivity index (χ1v) is 9.90. The minimum absolute atomic E-state index is 0.0269. The molecule has 0 aliphatic rings. The van der Waals surface area contributed by atoms with Crippen LogP contribution >= 0.6 is 0 Å². The lowest BCUT2D eigenvalue weighted by Crippen LogP contribution is -2.16. The Labute approximate surface area is 159 Å². The highest BCUT2D eigenvalue weighted by Gasteiger charge is 2.16. The number of carbonyl (C=O) groups is 1. The number of nitrogens with one attached hydrogen (secondary N) is 2. The van der Waals surface area contributed by atoms with E-state index in [1.54, 1.807) is 42.5 Å². The van der Waals surface area contributed by atoms with Crippen LogP contribution in [-0.4, -0.2) is 14.3 Å². The molecule has 3 aromatic carbocycles. The fourth-order valence-electron chi connectivity index (χ4n) is 2.55. The van der Waals surface area contributed by atoms with Crippen LogP contribution in [0.2, 0.25) is 0 Å². The topological polar surface area (TPSA) is 75.3 Å². The van der Waals surface area contributed by atoms with Crippen molar-refractivity contribution in [3.63, 3.8) is 0 Å². The number of rotatable bonds is 5. The Morgan fingerprint density at radius 1 is 0.778 bits per heavy atom. The van der Waals surface area contributed by atoms with Gasteiger partial charge in [-0.1, -0.05) is 30.3 Å². The van der Waals surface area contributed by atoms with E-state index in [0.717, 1.165) is 11.1 Å². The monoisotopic (exact) mass is 380 g/mol. The lowest BCUT2D eigenvalue weighted by atomic mass is 10.1. The maximum absolute atomic E-state index is 12.6. The van der Waals surface area contributed by atoms with Crippen molar-refractivity contribution in [3.05, 3.63) is 89.5 Å². The molecule has 0 atom stereocenters. The number of hydrogen-bond acceptors (Lipinski definition) is 3. The summed E-state index contributed by atoms with van der Waals surface area (Å²) in [4.78, 5) is 12.5. The van der Waals surface area contributed by atoms with Gasteiger partial charge in [0.1, 0.15) is 0 Å². The van der Waals surface area contributed by atoms with Crippen LogP contribution in [-0.2, 0) is 10.0 Å². The van der Waals surface area contributed by atoms with Crippen molar-refractivity contribution >= 4 is 27.3 Å². The third-order valence-electron chi connectivity index (χ3n) is 4.20. The van der Waals surface area contributed by atoms with Crippen LogP contribution in [0.25, 0.3) is 0 Å². The summed E-state index contributed by atoms with van der Waals surface area (Å²) >= 11 is 0. The second-order valence-electron chi connectivity index (χ2n) is 6.25. The standard InChI is InChI=1S/C21H20N2O3S/c1-15-11-12-19(13-16(15)2)22-21(24)17-7-6-10-20(14-17)27(25,26)23-18-8-4-3-5-9-18/h3-14,23H,1-2H3,(H,22,24). The van der Waals surface area contributed by atoms with Gasteiger partial charge in [0.05, 0.1) is 4.90 Å². The van der Waals surface area contributed by atoms with Crippen LogP contribution in [0.3, 0.4) is 0 Å². The molecular weight excluding hydrogens is 360 g/mol. The fourth-order valence-corrected chi connectivity index (χ4v) is 3.65. The minimum atomic E-state index is -3.78. The van der Waals surface area contributed by atoms with Crippen molar-refractivity contribution in [3.8, 4) is 0 Å². The van der Waals surface area contributed by atoms with E-state index in [0.29, 0.717) is 11.4 Å². The van der Waals surface area contributed by atoms with Gasteiger partial charge in [-0.3, -0.25) is 9.52 Å². The van der Waals surface area contributed by atoms with Gasteiger partial charge in [0.25, 0.3) is 15.9 Å². The molecule has 0 aromatic heterocycles. The second kappa shape index (κ2) is 7.63. The van der Waals surface area contributed by atoms with Crippen molar-refractivity contribution in [2.24, 2.45) is 0 Å². The maximum Gasteiger partial charge on any atom is 0.261 e. The van der Waals surface area contributed by atoms with E-state index in [9.17, 15) is 13.2 Å². The van der Waals surface area contributed by atoms with Gasteiger partial charge in [0, 0.05) is 16.9 Å². The zero-order valence-electron chi connectivity index (χ0n) is 15.1. The normalized spacial score (nSPS) is 11.0. The molecule has 2 N–H and O–H groups in total. The zero-order chi connectivity index (χ0) is 19.4. The smallest absolute Gasteiger partial charge is 0.261 e. The van der Waals surface area contributed by atoms with Crippen LogP contribution in [0.15, 0.2) is 77.7 Å². The van der Waals surface area contributed by atoms with Gasteiger partial charge in [-0.15, -0.1) is 0 Å². The number of carbonyl (C=O) groups excluding carboxylic acids is 1. The first-order chi connectivity index (χ1) is 12.8. The van der Waals surface area contributed by atoms with Gasteiger partial charge in [0.15, 0.2) is 0 Å². The molecule has 0 spiro atoms. The van der Waals surface area contributed by atoms with Gasteiger partial charge >= 0.3 is 0 Å². The van der Waals surface area contributed by atoms with Crippen molar-refractivity contribution in [2.75, 3.05) is 10.0 Å². The molecule has 0 saturated heterocycles. The average Bonchev–Trinajstić information content (AvgIpc) is 2.65. The quantitative estimate of drug-likeness (QED) is 0.691. The van der Waals surface area contributed by atoms with Gasteiger partial charge in [-0.25, -0.2) is 8.42 Å². The maximum atomic E-state index is 12.6. The fraction of sp³-hybridized carbons (Fsp3) is 0.0952. The van der Waals surface area contributed by atoms with Gasteiger partial charge < -0.3 is 5.32 Å². The summed E-state index contributed by atoms with van der Waals surface area (Å²) in [7, 11) is -3.78. The lowest BCUT2D eigenvalue weighted by molar-refractivity contribution is 0.102. The predicted molar refractivity (Wildman–Crippen MR) is 108 cm³/mol. The number of hydrogen-bond donors (Lipinski definition) is 2. The Morgan fingerprint density at radius 2 is 1.52 bits per heavy atom. The first kappa shape index (κ1) is 18.7. The Hall–Kier alpha value is -3.12. The second-order valence-corrected chi connectivity index (χ2v) is 7.93. The number of sulfonamides is 1. The Morgan fingerprint density at radius 3 is 2.22 bits per heavy atom. The summed E-state index contributed by atoms with van der Waals surface area (Å²) in [6, 6.07) is 20.2. The van der Waals surface area contributed by atoms with Crippen LogP contribution in [0.1, 0.15) is 21.5 Å². The third kappa shape index (κ3) is 4.54. The molecule has 0 radical (unpaired) electrons. The molecule has 27 heavy (non-hydrogen) atoms. The molecule has 138 valence electrons. The average molecular weight is 380 g/mol. The largest absolute Gasteiger partial charge is 0.322 e. The molecule has 5 nitrogen and oxygen atoms in total. The Bertz CT molecular complexity index is 1080. The van der Waals surface area contributed by atoms with E-state index in [1.807, 2.05) is 32.0 Å². The number of aryl methyl sites for hydroxylation is 2. The van der Waals surface area contributed by atoms with Gasteiger partial charge in [-0.2, -0.15) is 0 Å². The lowest BCUT2D eigenvalue weighted by Gasteiger charge is -2.10. The summed E-state index contributed by atoms with van der Waals surface area (Å²) in [5.74, 6) is -0.366.